The first-order chi connectivity index (χ1) is 15.8. The first-order valence-electron chi connectivity index (χ1n) is 11.8. The number of aromatic nitrogens is 3. The molecule has 1 aliphatic heterocycles. The molecule has 9 heteroatoms. The van der Waals surface area contributed by atoms with Crippen molar-refractivity contribution in [2.24, 2.45) is 5.92 Å². The van der Waals surface area contributed by atoms with Crippen molar-refractivity contribution in [3.05, 3.63) is 36.4 Å². The predicted molar refractivity (Wildman–Crippen MR) is 122 cm³/mol. The molecule has 1 aromatic carbocycles. The molecule has 1 saturated carbocycles. The zero-order valence-electron chi connectivity index (χ0n) is 19.7. The third-order valence-electron chi connectivity index (χ3n) is 6.34. The molecule has 0 bridgehead atoms. The van der Waals surface area contributed by atoms with Gasteiger partial charge in [0.05, 0.1) is 24.7 Å². The summed E-state index contributed by atoms with van der Waals surface area (Å²) < 4.78 is 25.7. The van der Waals surface area contributed by atoms with Gasteiger partial charge in [-0.25, -0.2) is 9.18 Å². The first-order valence-corrected chi connectivity index (χ1v) is 11.8. The minimum Gasteiger partial charge on any atom is -0.490 e. The number of nitrogens with zero attached hydrogens (tertiary/aromatic N) is 5. The van der Waals surface area contributed by atoms with Crippen LogP contribution in [0.2, 0.25) is 0 Å². The highest BCUT2D eigenvalue weighted by molar-refractivity contribution is 5.68. The van der Waals surface area contributed by atoms with Crippen molar-refractivity contribution in [1.82, 2.24) is 24.8 Å². The van der Waals surface area contributed by atoms with E-state index in [9.17, 15) is 9.18 Å². The molecule has 0 atom stereocenters. The van der Waals surface area contributed by atoms with Gasteiger partial charge in [-0.15, -0.1) is 0 Å². The van der Waals surface area contributed by atoms with Crippen LogP contribution in [0.5, 0.6) is 5.75 Å². The van der Waals surface area contributed by atoms with Crippen LogP contribution < -0.4 is 4.74 Å². The molecule has 1 aromatic heterocycles. The second-order valence-corrected chi connectivity index (χ2v) is 9.92. The Labute approximate surface area is 194 Å². The number of carbonyl (C=O) groups is 1. The molecule has 2 fully saturated rings. The van der Waals surface area contributed by atoms with Crippen LogP contribution in [0.4, 0.5) is 9.18 Å². The van der Waals surface area contributed by atoms with Crippen molar-refractivity contribution in [3.8, 4) is 11.4 Å². The van der Waals surface area contributed by atoms with Gasteiger partial charge in [0.25, 0.3) is 0 Å². The molecule has 0 unspecified atom stereocenters. The molecule has 1 saturated heterocycles. The van der Waals surface area contributed by atoms with Gasteiger partial charge in [0.15, 0.2) is 11.6 Å². The summed E-state index contributed by atoms with van der Waals surface area (Å²) in [5.74, 6) is 0.295. The summed E-state index contributed by atoms with van der Waals surface area (Å²) >= 11 is 0. The van der Waals surface area contributed by atoms with Gasteiger partial charge < -0.3 is 14.4 Å². The highest BCUT2D eigenvalue weighted by Crippen LogP contribution is 2.30. The number of rotatable bonds is 5. The monoisotopic (exact) mass is 459 g/mol. The normalized spacial score (nSPS) is 22.2. The number of amides is 1. The molecule has 0 spiro atoms. The van der Waals surface area contributed by atoms with Gasteiger partial charge in [0.1, 0.15) is 5.60 Å². The first kappa shape index (κ1) is 23.5. The molecule has 4 rings (SSSR count). The zero-order chi connectivity index (χ0) is 23.4. The SMILES string of the molecule is CC(C)(C)OC(=O)N1CCN([C@H]2CC[C@H](COc3ccc(-n4nccn4)cc3F)CC2)CC1. The standard InChI is InChI=1S/C24H34FN5O3/c1-24(2,3)33-23(31)29-14-12-28(13-15-29)19-6-4-18(5-7-19)17-32-22-9-8-20(16-21(22)25)30-26-10-11-27-30/h8-11,16,18-19H,4-7,12-15,17H2,1-3H3/t18-,19-. The minimum atomic E-state index is -0.462. The molecule has 1 aliphatic carbocycles. The second-order valence-electron chi connectivity index (χ2n) is 9.92. The average Bonchev–Trinajstić information content (AvgIpc) is 3.33. The quantitative estimate of drug-likeness (QED) is 0.675. The molecule has 2 aliphatic rings. The van der Waals surface area contributed by atoms with Crippen LogP contribution in [0.3, 0.4) is 0 Å². The lowest BCUT2D eigenvalue weighted by molar-refractivity contribution is 0.00652. The third-order valence-corrected chi connectivity index (χ3v) is 6.34. The van der Waals surface area contributed by atoms with E-state index in [0.29, 0.717) is 37.3 Å². The summed E-state index contributed by atoms with van der Waals surface area (Å²) in [6, 6.07) is 5.33. The Hall–Kier alpha value is -2.68. The lowest BCUT2D eigenvalue weighted by atomic mass is 9.85. The van der Waals surface area contributed by atoms with E-state index in [1.807, 2.05) is 25.7 Å². The molecular weight excluding hydrogens is 425 g/mol. The lowest BCUT2D eigenvalue weighted by Gasteiger charge is -2.42. The third kappa shape index (κ3) is 6.22. The molecule has 180 valence electrons. The van der Waals surface area contributed by atoms with E-state index in [4.69, 9.17) is 9.47 Å². The summed E-state index contributed by atoms with van der Waals surface area (Å²) in [6.07, 6.45) is 7.23. The number of carbonyl (C=O) groups excluding carboxylic acids is 1. The van der Waals surface area contributed by atoms with Gasteiger partial charge in [-0.3, -0.25) is 4.90 Å². The van der Waals surface area contributed by atoms with E-state index in [2.05, 4.69) is 15.1 Å². The van der Waals surface area contributed by atoms with Crippen molar-refractivity contribution < 1.29 is 18.7 Å². The number of hydrogen-bond acceptors (Lipinski definition) is 6. The van der Waals surface area contributed by atoms with Gasteiger partial charge in [-0.1, -0.05) is 0 Å². The lowest BCUT2D eigenvalue weighted by Crippen LogP contribution is -2.53. The zero-order valence-corrected chi connectivity index (χ0v) is 19.7. The fourth-order valence-electron chi connectivity index (χ4n) is 4.56. The molecule has 1 amide bonds. The Morgan fingerprint density at radius 1 is 1.06 bits per heavy atom. The van der Waals surface area contributed by atoms with E-state index < -0.39 is 11.4 Å². The van der Waals surface area contributed by atoms with Crippen molar-refractivity contribution in [2.75, 3.05) is 32.8 Å². The molecule has 2 aromatic rings. The summed E-state index contributed by atoms with van der Waals surface area (Å²) in [6.45, 7) is 9.39. The van der Waals surface area contributed by atoms with Gasteiger partial charge >= 0.3 is 6.09 Å². The van der Waals surface area contributed by atoms with Crippen LogP contribution in [0.15, 0.2) is 30.6 Å². The summed E-state index contributed by atoms with van der Waals surface area (Å²) in [4.78, 5) is 18.0. The Bertz CT molecular complexity index is 915. The van der Waals surface area contributed by atoms with Crippen LogP contribution in [-0.2, 0) is 4.74 Å². The van der Waals surface area contributed by atoms with Gasteiger partial charge in [-0.2, -0.15) is 15.0 Å². The maximum Gasteiger partial charge on any atom is 0.410 e. The Kier molecular flexibility index (Phi) is 7.17. The molecule has 2 heterocycles. The maximum atomic E-state index is 14.4. The van der Waals surface area contributed by atoms with Crippen molar-refractivity contribution in [2.45, 2.75) is 58.1 Å². The summed E-state index contributed by atoms with van der Waals surface area (Å²) in [5, 5.41) is 8.03. The minimum absolute atomic E-state index is 0.218. The fraction of sp³-hybridized carbons (Fsp3) is 0.625. The molecule has 0 N–H and O–H groups in total. The molecule has 33 heavy (non-hydrogen) atoms. The van der Waals surface area contributed by atoms with Crippen molar-refractivity contribution in [3.63, 3.8) is 0 Å². The second kappa shape index (κ2) is 10.1. The Morgan fingerprint density at radius 2 is 1.73 bits per heavy atom. The topological polar surface area (TPSA) is 72.7 Å². The highest BCUT2D eigenvalue weighted by atomic mass is 19.1. The van der Waals surface area contributed by atoms with Crippen molar-refractivity contribution >= 4 is 6.09 Å². The fourth-order valence-corrected chi connectivity index (χ4v) is 4.56. The van der Waals surface area contributed by atoms with E-state index in [-0.39, 0.29) is 11.8 Å². The van der Waals surface area contributed by atoms with E-state index >= 15 is 0 Å². The van der Waals surface area contributed by atoms with Crippen LogP contribution >= 0.6 is 0 Å². The number of halogens is 1. The van der Waals surface area contributed by atoms with E-state index in [1.54, 1.807) is 24.5 Å². The number of piperazine rings is 1. The number of ether oxygens (including phenoxy) is 2. The predicted octanol–water partition coefficient (Wildman–Crippen LogP) is 3.90. The molecular formula is C24H34FN5O3. The van der Waals surface area contributed by atoms with Crippen LogP contribution in [0, 0.1) is 11.7 Å². The largest absolute Gasteiger partial charge is 0.490 e. The average molecular weight is 460 g/mol. The number of benzene rings is 1. The van der Waals surface area contributed by atoms with Crippen LogP contribution in [0.25, 0.3) is 5.69 Å². The van der Waals surface area contributed by atoms with E-state index in [0.717, 1.165) is 38.8 Å². The summed E-state index contributed by atoms with van der Waals surface area (Å²) in [5.41, 5.74) is 0.105. The Morgan fingerprint density at radius 3 is 2.33 bits per heavy atom. The van der Waals surface area contributed by atoms with Gasteiger partial charge in [0, 0.05) is 38.3 Å². The Balaban J connectivity index is 1.19. The van der Waals surface area contributed by atoms with Gasteiger partial charge in [-0.05, 0) is 64.5 Å². The van der Waals surface area contributed by atoms with E-state index in [1.165, 1.54) is 10.9 Å². The molecule has 0 radical (unpaired) electrons. The smallest absolute Gasteiger partial charge is 0.410 e. The maximum absolute atomic E-state index is 14.4. The van der Waals surface area contributed by atoms with Crippen molar-refractivity contribution in [1.29, 1.82) is 0 Å². The van der Waals surface area contributed by atoms with Crippen LogP contribution in [-0.4, -0.2) is 75.3 Å². The highest BCUT2D eigenvalue weighted by Gasteiger charge is 2.31. The molecule has 8 nitrogen and oxygen atoms in total. The summed E-state index contributed by atoms with van der Waals surface area (Å²) in [7, 11) is 0. The van der Waals surface area contributed by atoms with Gasteiger partial charge in [0.2, 0.25) is 0 Å². The number of hydrogen-bond donors (Lipinski definition) is 0. The van der Waals surface area contributed by atoms with Crippen LogP contribution in [0.1, 0.15) is 46.5 Å².